The van der Waals surface area contributed by atoms with Gasteiger partial charge in [-0.2, -0.15) is 0 Å². The Morgan fingerprint density at radius 1 is 1.00 bits per heavy atom. The molecule has 1 aliphatic carbocycles. The second-order valence-electron chi connectivity index (χ2n) is 6.49. The van der Waals surface area contributed by atoms with Crippen molar-refractivity contribution >= 4 is 8.80 Å². The Morgan fingerprint density at radius 2 is 1.57 bits per heavy atom. The first-order valence-corrected chi connectivity index (χ1v) is 11.1. The second kappa shape index (κ2) is 10.8. The van der Waals surface area contributed by atoms with Crippen LogP contribution in [-0.4, -0.2) is 52.0 Å². The standard InChI is InChI=1S/C17H36O5Si/c1-6-19-23(20-7-2,21-8-3)12-11-15-9-10-16(18)17(13-15)22-14(4)5/h14-18H,6-13H2,1-5H3. The number of hydrogen-bond acceptors (Lipinski definition) is 5. The summed E-state index contributed by atoms with van der Waals surface area (Å²) in [6.07, 6.45) is 3.54. The average Bonchev–Trinajstić information content (AvgIpc) is 2.48. The van der Waals surface area contributed by atoms with Crippen molar-refractivity contribution in [2.75, 3.05) is 19.8 Å². The van der Waals surface area contributed by atoms with Crippen LogP contribution in [0.4, 0.5) is 0 Å². The van der Waals surface area contributed by atoms with Crippen molar-refractivity contribution in [3.8, 4) is 0 Å². The van der Waals surface area contributed by atoms with Gasteiger partial charge in [0.05, 0.1) is 18.3 Å². The minimum absolute atomic E-state index is 0.0453. The fraction of sp³-hybridized carbons (Fsp3) is 1.00. The zero-order valence-electron chi connectivity index (χ0n) is 15.5. The van der Waals surface area contributed by atoms with E-state index in [0.717, 1.165) is 31.7 Å². The molecule has 0 aliphatic heterocycles. The molecule has 0 radical (unpaired) electrons. The van der Waals surface area contributed by atoms with Crippen LogP contribution < -0.4 is 0 Å². The summed E-state index contributed by atoms with van der Waals surface area (Å²) >= 11 is 0. The van der Waals surface area contributed by atoms with Crippen LogP contribution >= 0.6 is 0 Å². The van der Waals surface area contributed by atoms with Gasteiger partial charge in [0, 0.05) is 25.9 Å². The van der Waals surface area contributed by atoms with Gasteiger partial charge in [-0.3, -0.25) is 0 Å². The molecule has 23 heavy (non-hydrogen) atoms. The fourth-order valence-corrected chi connectivity index (χ4v) is 6.10. The Hall–Kier alpha value is 0.0169. The van der Waals surface area contributed by atoms with Gasteiger partial charge >= 0.3 is 8.80 Å². The van der Waals surface area contributed by atoms with Gasteiger partial charge in [0.15, 0.2) is 0 Å². The minimum Gasteiger partial charge on any atom is -0.390 e. The van der Waals surface area contributed by atoms with Crippen molar-refractivity contribution in [2.24, 2.45) is 5.92 Å². The normalized spacial score (nSPS) is 26.0. The zero-order chi connectivity index (χ0) is 17.3. The van der Waals surface area contributed by atoms with Gasteiger partial charge in [-0.05, 0) is 66.2 Å². The molecule has 0 amide bonds. The van der Waals surface area contributed by atoms with E-state index in [9.17, 15) is 5.11 Å². The van der Waals surface area contributed by atoms with E-state index in [-0.39, 0.29) is 18.3 Å². The van der Waals surface area contributed by atoms with E-state index in [1.807, 2.05) is 34.6 Å². The SMILES string of the molecule is CCO[Si](CCC1CCC(O)C(OC(C)C)C1)(OCC)OCC. The van der Waals surface area contributed by atoms with Crippen molar-refractivity contribution in [2.45, 2.75) is 84.7 Å². The maximum absolute atomic E-state index is 10.1. The Kier molecular flexibility index (Phi) is 9.88. The summed E-state index contributed by atoms with van der Waals surface area (Å²) in [5, 5.41) is 10.1. The Balaban J connectivity index is 2.58. The molecular weight excluding hydrogens is 312 g/mol. The molecule has 1 fully saturated rings. The third kappa shape index (κ3) is 7.19. The topological polar surface area (TPSA) is 57.2 Å². The second-order valence-corrected chi connectivity index (χ2v) is 9.22. The van der Waals surface area contributed by atoms with E-state index in [1.54, 1.807) is 0 Å². The smallest absolute Gasteiger partial charge is 0.390 e. The van der Waals surface area contributed by atoms with Gasteiger partial charge < -0.3 is 23.1 Å². The van der Waals surface area contributed by atoms with Crippen LogP contribution in [0.5, 0.6) is 0 Å². The van der Waals surface area contributed by atoms with E-state index < -0.39 is 8.80 Å². The lowest BCUT2D eigenvalue weighted by Crippen LogP contribution is -2.46. The first-order chi connectivity index (χ1) is 11.0. The minimum atomic E-state index is -2.55. The van der Waals surface area contributed by atoms with Gasteiger partial charge in [-0.25, -0.2) is 0 Å². The Labute approximate surface area is 143 Å². The molecule has 5 nitrogen and oxygen atoms in total. The average molecular weight is 349 g/mol. The molecule has 1 N–H and O–H groups in total. The number of rotatable bonds is 11. The predicted octanol–water partition coefficient (Wildman–Crippen LogP) is 3.38. The summed E-state index contributed by atoms with van der Waals surface area (Å²) in [5.74, 6) is 0.537. The van der Waals surface area contributed by atoms with Crippen molar-refractivity contribution < 1.29 is 23.1 Å². The molecule has 0 bridgehead atoms. The lowest BCUT2D eigenvalue weighted by molar-refractivity contribution is -0.0945. The molecule has 1 saturated carbocycles. The third-order valence-corrected chi connectivity index (χ3v) is 7.35. The van der Waals surface area contributed by atoms with Gasteiger partial charge in [0.2, 0.25) is 0 Å². The van der Waals surface area contributed by atoms with Crippen LogP contribution in [0.25, 0.3) is 0 Å². The molecule has 0 saturated heterocycles. The molecule has 0 aromatic heterocycles. The summed E-state index contributed by atoms with van der Waals surface area (Å²) in [6, 6.07) is 0.845. The lowest BCUT2D eigenvalue weighted by atomic mass is 9.83. The highest BCUT2D eigenvalue weighted by Gasteiger charge is 2.41. The maximum atomic E-state index is 10.1. The van der Waals surface area contributed by atoms with Crippen molar-refractivity contribution in [3.05, 3.63) is 0 Å². The van der Waals surface area contributed by atoms with Crippen LogP contribution in [0.1, 0.15) is 60.3 Å². The number of aliphatic hydroxyl groups is 1. The van der Waals surface area contributed by atoms with Crippen LogP contribution in [0.3, 0.4) is 0 Å². The van der Waals surface area contributed by atoms with E-state index in [1.165, 1.54) is 0 Å². The highest BCUT2D eigenvalue weighted by Crippen LogP contribution is 2.33. The summed E-state index contributed by atoms with van der Waals surface area (Å²) in [4.78, 5) is 0. The summed E-state index contributed by atoms with van der Waals surface area (Å²) in [7, 11) is -2.55. The number of ether oxygens (including phenoxy) is 1. The Morgan fingerprint density at radius 3 is 2.04 bits per heavy atom. The maximum Gasteiger partial charge on any atom is 0.500 e. The number of aliphatic hydroxyl groups excluding tert-OH is 1. The predicted molar refractivity (Wildman–Crippen MR) is 93.4 cm³/mol. The van der Waals surface area contributed by atoms with Crippen LogP contribution in [-0.2, 0) is 18.0 Å². The highest BCUT2D eigenvalue weighted by molar-refractivity contribution is 6.60. The molecule has 0 heterocycles. The molecule has 3 unspecified atom stereocenters. The van der Waals surface area contributed by atoms with Crippen molar-refractivity contribution in [1.29, 1.82) is 0 Å². The monoisotopic (exact) mass is 348 g/mol. The van der Waals surface area contributed by atoms with Gasteiger partial charge in [-0.15, -0.1) is 0 Å². The molecule has 0 aromatic rings. The van der Waals surface area contributed by atoms with E-state index >= 15 is 0 Å². The van der Waals surface area contributed by atoms with Crippen molar-refractivity contribution in [1.82, 2.24) is 0 Å². The van der Waals surface area contributed by atoms with Gasteiger partial charge in [-0.1, -0.05) is 0 Å². The molecule has 138 valence electrons. The molecule has 3 atom stereocenters. The van der Waals surface area contributed by atoms with Crippen LogP contribution in [0.15, 0.2) is 0 Å². The van der Waals surface area contributed by atoms with E-state index in [2.05, 4.69) is 0 Å². The van der Waals surface area contributed by atoms with E-state index in [0.29, 0.717) is 25.7 Å². The molecule has 0 aromatic carbocycles. The molecule has 6 heteroatoms. The molecule has 1 aliphatic rings. The van der Waals surface area contributed by atoms with Crippen LogP contribution in [0, 0.1) is 5.92 Å². The molecule has 1 rings (SSSR count). The molecule has 0 spiro atoms. The van der Waals surface area contributed by atoms with Crippen LogP contribution in [0.2, 0.25) is 6.04 Å². The Bertz CT molecular complexity index is 296. The zero-order valence-corrected chi connectivity index (χ0v) is 16.5. The van der Waals surface area contributed by atoms with Crippen molar-refractivity contribution in [3.63, 3.8) is 0 Å². The fourth-order valence-electron chi connectivity index (χ4n) is 3.34. The summed E-state index contributed by atoms with van der Waals surface area (Å²) in [5.41, 5.74) is 0. The summed E-state index contributed by atoms with van der Waals surface area (Å²) in [6.45, 7) is 11.9. The number of hydrogen-bond donors (Lipinski definition) is 1. The quantitative estimate of drug-likeness (QED) is 0.580. The van der Waals surface area contributed by atoms with Gasteiger partial charge in [0.25, 0.3) is 0 Å². The first-order valence-electron chi connectivity index (χ1n) is 9.21. The first kappa shape index (κ1) is 21.1. The summed E-state index contributed by atoms with van der Waals surface area (Å²) < 4.78 is 23.7. The van der Waals surface area contributed by atoms with Gasteiger partial charge in [0.1, 0.15) is 0 Å². The highest BCUT2D eigenvalue weighted by atomic mass is 28.4. The lowest BCUT2D eigenvalue weighted by Gasteiger charge is -2.36. The third-order valence-electron chi connectivity index (χ3n) is 4.26. The molecular formula is C17H36O5Si. The van der Waals surface area contributed by atoms with E-state index in [4.69, 9.17) is 18.0 Å². The largest absolute Gasteiger partial charge is 0.500 e.